The molecule has 0 aromatic heterocycles. The van der Waals surface area contributed by atoms with Crippen molar-refractivity contribution in [3.8, 4) is 0 Å². The smallest absolute Gasteiger partial charge is 0.222 e. The minimum atomic E-state index is -0.728. The molecular weight excluding hydrogens is 368 g/mol. The second kappa shape index (κ2) is 19.5. The van der Waals surface area contributed by atoms with E-state index in [1.807, 2.05) is 0 Å². The van der Waals surface area contributed by atoms with Crippen molar-refractivity contribution in [1.29, 1.82) is 0 Å². The lowest BCUT2D eigenvalue weighted by Crippen LogP contribution is -2.43. The number of amides is 1. The van der Waals surface area contributed by atoms with Gasteiger partial charge in [-0.25, -0.2) is 0 Å². The van der Waals surface area contributed by atoms with E-state index in [4.69, 9.17) is 24.7 Å². The van der Waals surface area contributed by atoms with Crippen molar-refractivity contribution >= 4 is 5.91 Å². The molecule has 28 heavy (non-hydrogen) atoms. The standard InChI is InChI=1S/C19H40N2O7/c1-2-7-25-9-11-27-13-14-28-12-10-26-8-4-18(24)21-15-19(16-22,17-23)5-3-6-20/h22-23H,2-17,20H2,1H3,(H,21,24). The summed E-state index contributed by atoms with van der Waals surface area (Å²) in [6, 6.07) is 0. The molecule has 0 aliphatic rings. The van der Waals surface area contributed by atoms with Crippen LogP contribution in [0.3, 0.4) is 0 Å². The maximum Gasteiger partial charge on any atom is 0.222 e. The van der Waals surface area contributed by atoms with Gasteiger partial charge in [0.1, 0.15) is 0 Å². The van der Waals surface area contributed by atoms with Crippen molar-refractivity contribution < 1.29 is 34.0 Å². The summed E-state index contributed by atoms with van der Waals surface area (Å²) < 4.78 is 21.4. The fourth-order valence-electron chi connectivity index (χ4n) is 2.33. The Kier molecular flexibility index (Phi) is 18.9. The number of rotatable bonds is 21. The molecular formula is C19H40N2O7. The molecule has 5 N–H and O–H groups in total. The Morgan fingerprint density at radius 3 is 1.86 bits per heavy atom. The third-order valence-corrected chi connectivity index (χ3v) is 4.18. The highest BCUT2D eigenvalue weighted by molar-refractivity contribution is 5.76. The second-order valence-corrected chi connectivity index (χ2v) is 6.68. The molecule has 0 aliphatic carbocycles. The van der Waals surface area contributed by atoms with E-state index in [2.05, 4.69) is 12.2 Å². The molecule has 0 saturated carbocycles. The van der Waals surface area contributed by atoms with Gasteiger partial charge in [-0.05, 0) is 25.8 Å². The average Bonchev–Trinajstić information content (AvgIpc) is 2.72. The number of ether oxygens (including phenoxy) is 4. The van der Waals surface area contributed by atoms with Crippen molar-refractivity contribution in [2.45, 2.75) is 32.6 Å². The minimum absolute atomic E-state index is 0.182. The lowest BCUT2D eigenvalue weighted by atomic mass is 9.84. The van der Waals surface area contributed by atoms with Gasteiger partial charge >= 0.3 is 0 Å². The molecule has 0 spiro atoms. The maximum absolute atomic E-state index is 11.9. The highest BCUT2D eigenvalue weighted by Gasteiger charge is 2.28. The number of carbonyl (C=O) groups is 1. The van der Waals surface area contributed by atoms with Crippen molar-refractivity contribution in [3.63, 3.8) is 0 Å². The number of nitrogens with two attached hydrogens (primary N) is 1. The zero-order valence-electron chi connectivity index (χ0n) is 17.3. The third kappa shape index (κ3) is 15.2. The largest absolute Gasteiger partial charge is 0.396 e. The fraction of sp³-hybridized carbons (Fsp3) is 0.947. The normalized spacial score (nSPS) is 11.7. The molecule has 0 aromatic rings. The first kappa shape index (κ1) is 27.2. The van der Waals surface area contributed by atoms with Gasteiger partial charge in [-0.3, -0.25) is 4.79 Å². The van der Waals surface area contributed by atoms with Crippen molar-refractivity contribution in [1.82, 2.24) is 5.32 Å². The molecule has 0 aromatic carbocycles. The molecule has 1 amide bonds. The van der Waals surface area contributed by atoms with Gasteiger partial charge in [0.25, 0.3) is 0 Å². The van der Waals surface area contributed by atoms with Crippen LogP contribution in [0.25, 0.3) is 0 Å². The molecule has 0 bridgehead atoms. The summed E-state index contributed by atoms with van der Waals surface area (Å²) in [4.78, 5) is 11.9. The Bertz CT molecular complexity index is 355. The van der Waals surface area contributed by atoms with Crippen LogP contribution in [-0.2, 0) is 23.7 Å². The van der Waals surface area contributed by atoms with Gasteiger partial charge in [0, 0.05) is 25.0 Å². The van der Waals surface area contributed by atoms with E-state index in [0.29, 0.717) is 59.0 Å². The lowest BCUT2D eigenvalue weighted by Gasteiger charge is -2.29. The number of hydrogen-bond donors (Lipinski definition) is 4. The molecule has 0 fully saturated rings. The second-order valence-electron chi connectivity index (χ2n) is 6.68. The minimum Gasteiger partial charge on any atom is -0.396 e. The quantitative estimate of drug-likeness (QED) is 0.190. The van der Waals surface area contributed by atoms with E-state index in [1.165, 1.54) is 0 Å². The molecule has 0 saturated heterocycles. The van der Waals surface area contributed by atoms with Crippen LogP contribution in [0.1, 0.15) is 32.6 Å². The van der Waals surface area contributed by atoms with E-state index in [1.54, 1.807) is 0 Å². The Labute approximate surface area is 168 Å². The van der Waals surface area contributed by atoms with E-state index >= 15 is 0 Å². The summed E-state index contributed by atoms with van der Waals surface area (Å²) in [5, 5.41) is 21.8. The summed E-state index contributed by atoms with van der Waals surface area (Å²) in [6.45, 7) is 6.41. The van der Waals surface area contributed by atoms with Crippen LogP contribution in [0.4, 0.5) is 0 Å². The summed E-state index contributed by atoms with van der Waals surface area (Å²) in [7, 11) is 0. The van der Waals surface area contributed by atoms with Crippen LogP contribution in [0.2, 0.25) is 0 Å². The molecule has 168 valence electrons. The number of carbonyl (C=O) groups excluding carboxylic acids is 1. The summed E-state index contributed by atoms with van der Waals surface area (Å²) >= 11 is 0. The van der Waals surface area contributed by atoms with Crippen LogP contribution >= 0.6 is 0 Å². The van der Waals surface area contributed by atoms with Gasteiger partial charge in [0.15, 0.2) is 0 Å². The number of aliphatic hydroxyl groups is 2. The van der Waals surface area contributed by atoms with E-state index < -0.39 is 5.41 Å². The van der Waals surface area contributed by atoms with Crippen molar-refractivity contribution in [3.05, 3.63) is 0 Å². The van der Waals surface area contributed by atoms with E-state index in [0.717, 1.165) is 13.0 Å². The number of aliphatic hydroxyl groups excluding tert-OH is 2. The highest BCUT2D eigenvalue weighted by atomic mass is 16.6. The van der Waals surface area contributed by atoms with Gasteiger partial charge in [-0.1, -0.05) is 6.92 Å². The summed E-state index contributed by atoms with van der Waals surface area (Å²) in [5.41, 5.74) is 4.75. The first-order valence-corrected chi connectivity index (χ1v) is 10.1. The SMILES string of the molecule is CCCOCCOCCOCCOCCC(=O)NCC(CO)(CO)CCCN. The average molecular weight is 409 g/mol. The predicted molar refractivity (Wildman–Crippen MR) is 106 cm³/mol. The first-order valence-electron chi connectivity index (χ1n) is 10.1. The van der Waals surface area contributed by atoms with Crippen LogP contribution in [0, 0.1) is 5.41 Å². The Balaban J connectivity index is 3.54. The topological polar surface area (TPSA) is 132 Å². The molecule has 0 heterocycles. The first-order chi connectivity index (χ1) is 13.6. The summed E-state index contributed by atoms with van der Waals surface area (Å²) in [5.74, 6) is -0.182. The van der Waals surface area contributed by atoms with Gasteiger partial charge < -0.3 is 40.2 Å². The Morgan fingerprint density at radius 1 is 0.893 bits per heavy atom. The number of nitrogens with one attached hydrogen (secondary N) is 1. The highest BCUT2D eigenvalue weighted by Crippen LogP contribution is 2.21. The molecule has 0 atom stereocenters. The molecule has 0 unspecified atom stereocenters. The third-order valence-electron chi connectivity index (χ3n) is 4.18. The molecule has 0 radical (unpaired) electrons. The zero-order chi connectivity index (χ0) is 20.9. The Hall–Kier alpha value is -0.810. The molecule has 9 nitrogen and oxygen atoms in total. The maximum atomic E-state index is 11.9. The molecule has 0 aliphatic heterocycles. The zero-order valence-corrected chi connectivity index (χ0v) is 17.3. The Morgan fingerprint density at radius 2 is 1.39 bits per heavy atom. The molecule has 0 rings (SSSR count). The van der Waals surface area contributed by atoms with Gasteiger partial charge in [0.2, 0.25) is 5.91 Å². The summed E-state index contributed by atoms with van der Waals surface area (Å²) in [6.07, 6.45) is 2.45. The predicted octanol–water partition coefficient (Wildman–Crippen LogP) is -0.321. The molecule has 9 heteroatoms. The van der Waals surface area contributed by atoms with Crippen LogP contribution in [0.15, 0.2) is 0 Å². The lowest BCUT2D eigenvalue weighted by molar-refractivity contribution is -0.123. The van der Waals surface area contributed by atoms with Crippen molar-refractivity contribution in [2.24, 2.45) is 11.1 Å². The monoisotopic (exact) mass is 408 g/mol. The van der Waals surface area contributed by atoms with Crippen LogP contribution in [-0.4, -0.2) is 95.3 Å². The van der Waals surface area contributed by atoms with E-state index in [-0.39, 0.29) is 38.7 Å². The fourth-order valence-corrected chi connectivity index (χ4v) is 2.33. The number of hydrogen-bond acceptors (Lipinski definition) is 8. The van der Waals surface area contributed by atoms with Crippen LogP contribution in [0.5, 0.6) is 0 Å². The van der Waals surface area contributed by atoms with Gasteiger partial charge in [-0.15, -0.1) is 0 Å². The van der Waals surface area contributed by atoms with Crippen molar-refractivity contribution in [2.75, 3.05) is 79.2 Å². The van der Waals surface area contributed by atoms with E-state index in [9.17, 15) is 15.0 Å². The van der Waals surface area contributed by atoms with Gasteiger partial charge in [0.05, 0.1) is 59.5 Å². The van der Waals surface area contributed by atoms with Gasteiger partial charge in [-0.2, -0.15) is 0 Å². The van der Waals surface area contributed by atoms with Crippen LogP contribution < -0.4 is 11.1 Å².